The molecule has 2 aromatic rings. The smallest absolute Gasteiger partial charge is 0.343 e. The van der Waals surface area contributed by atoms with Gasteiger partial charge in [0.1, 0.15) is 18.0 Å². The molecule has 0 radical (unpaired) electrons. The first-order chi connectivity index (χ1) is 9.11. The van der Waals surface area contributed by atoms with Gasteiger partial charge < -0.3 is 14.5 Å². The number of ether oxygens (including phenoxy) is 2. The molecule has 1 aromatic heterocycles. The lowest BCUT2D eigenvalue weighted by Crippen LogP contribution is -2.20. The minimum Gasteiger partial charge on any atom is -0.459 e. The number of hydrogen-bond acceptors (Lipinski definition) is 4. The predicted molar refractivity (Wildman–Crippen MR) is 66.7 cm³/mol. The van der Waals surface area contributed by atoms with Gasteiger partial charge in [0.2, 0.25) is 0 Å². The van der Waals surface area contributed by atoms with Gasteiger partial charge in [0.05, 0.1) is 6.61 Å². The van der Waals surface area contributed by atoms with Crippen LogP contribution in [0.15, 0.2) is 29.1 Å². The van der Waals surface area contributed by atoms with E-state index in [9.17, 15) is 14.0 Å². The molecule has 1 aromatic carbocycles. The van der Waals surface area contributed by atoms with Crippen LogP contribution in [0.25, 0.3) is 10.9 Å². The number of hydrogen-bond donors (Lipinski definition) is 1. The van der Waals surface area contributed by atoms with Crippen molar-refractivity contribution in [2.75, 3.05) is 20.3 Å². The first kappa shape index (κ1) is 13.2. The molecule has 0 saturated carbocycles. The van der Waals surface area contributed by atoms with Gasteiger partial charge in [-0.1, -0.05) is 0 Å². The van der Waals surface area contributed by atoms with Crippen molar-refractivity contribution in [1.82, 2.24) is 4.98 Å². The summed E-state index contributed by atoms with van der Waals surface area (Å²) in [4.78, 5) is 25.9. The summed E-state index contributed by atoms with van der Waals surface area (Å²) >= 11 is 0. The van der Waals surface area contributed by atoms with Crippen LogP contribution in [0, 0.1) is 5.82 Å². The fraction of sp³-hybridized carbons (Fsp3) is 0.231. The third-order valence-corrected chi connectivity index (χ3v) is 2.55. The second kappa shape index (κ2) is 5.62. The Balaban J connectivity index is 2.35. The molecule has 0 atom stereocenters. The van der Waals surface area contributed by atoms with Crippen molar-refractivity contribution in [3.8, 4) is 0 Å². The van der Waals surface area contributed by atoms with E-state index < -0.39 is 17.3 Å². The van der Waals surface area contributed by atoms with Crippen molar-refractivity contribution in [2.24, 2.45) is 0 Å². The maximum absolute atomic E-state index is 13.1. The van der Waals surface area contributed by atoms with Gasteiger partial charge in [0.25, 0.3) is 5.56 Å². The lowest BCUT2D eigenvalue weighted by atomic mass is 10.1. The zero-order chi connectivity index (χ0) is 13.8. The summed E-state index contributed by atoms with van der Waals surface area (Å²) in [7, 11) is 1.47. The summed E-state index contributed by atoms with van der Waals surface area (Å²) < 4.78 is 22.7. The Morgan fingerprint density at radius 2 is 2.11 bits per heavy atom. The number of H-pyrrole nitrogens is 1. The van der Waals surface area contributed by atoms with Crippen LogP contribution >= 0.6 is 0 Å². The molecule has 0 unspecified atom stereocenters. The number of aromatic amines is 1. The Kier molecular flexibility index (Phi) is 3.91. The van der Waals surface area contributed by atoms with Crippen LogP contribution in [0.4, 0.5) is 4.39 Å². The number of nitrogens with one attached hydrogen (secondary N) is 1. The Morgan fingerprint density at radius 1 is 1.32 bits per heavy atom. The van der Waals surface area contributed by atoms with Crippen molar-refractivity contribution in [1.29, 1.82) is 0 Å². The van der Waals surface area contributed by atoms with Crippen LogP contribution in [-0.4, -0.2) is 31.3 Å². The first-order valence-corrected chi connectivity index (χ1v) is 5.60. The highest BCUT2D eigenvalue weighted by Crippen LogP contribution is 2.13. The monoisotopic (exact) mass is 265 g/mol. The number of benzene rings is 1. The quantitative estimate of drug-likeness (QED) is 0.671. The van der Waals surface area contributed by atoms with Crippen LogP contribution in [-0.2, 0) is 9.47 Å². The average molecular weight is 265 g/mol. The van der Waals surface area contributed by atoms with Crippen molar-refractivity contribution in [3.63, 3.8) is 0 Å². The van der Waals surface area contributed by atoms with E-state index in [1.165, 1.54) is 31.4 Å². The Bertz CT molecular complexity index is 665. The molecule has 1 heterocycles. The molecule has 19 heavy (non-hydrogen) atoms. The molecule has 0 spiro atoms. The minimum atomic E-state index is -0.760. The number of rotatable bonds is 4. The highest BCUT2D eigenvalue weighted by Gasteiger charge is 2.13. The number of carbonyl (C=O) groups excluding carboxylic acids is 1. The fourth-order valence-electron chi connectivity index (χ4n) is 1.62. The van der Waals surface area contributed by atoms with Gasteiger partial charge >= 0.3 is 5.97 Å². The number of pyridine rings is 1. The molecule has 2 rings (SSSR count). The van der Waals surface area contributed by atoms with Crippen molar-refractivity contribution >= 4 is 16.9 Å². The number of halogens is 1. The summed E-state index contributed by atoms with van der Waals surface area (Å²) in [5, 5.41) is 0.429. The van der Waals surface area contributed by atoms with E-state index in [1.807, 2.05) is 0 Å². The maximum Gasteiger partial charge on any atom is 0.343 e. The molecule has 5 nitrogen and oxygen atoms in total. The molecule has 0 fully saturated rings. The second-order valence-corrected chi connectivity index (χ2v) is 3.87. The number of methoxy groups -OCH3 is 1. The standard InChI is InChI=1S/C13H12FNO4/c1-18-4-5-19-13(17)10-7-8-6-9(14)2-3-11(8)15-12(10)16/h2-3,6-7H,4-5H2,1H3,(H,15,16). The topological polar surface area (TPSA) is 68.4 Å². The Labute approximate surface area is 108 Å². The Hall–Kier alpha value is -2.21. The number of aromatic nitrogens is 1. The van der Waals surface area contributed by atoms with Gasteiger partial charge in [-0.2, -0.15) is 0 Å². The number of esters is 1. The zero-order valence-electron chi connectivity index (χ0n) is 10.2. The Morgan fingerprint density at radius 3 is 2.84 bits per heavy atom. The highest BCUT2D eigenvalue weighted by molar-refractivity contribution is 5.93. The average Bonchev–Trinajstić information content (AvgIpc) is 2.38. The van der Waals surface area contributed by atoms with E-state index in [-0.39, 0.29) is 18.8 Å². The van der Waals surface area contributed by atoms with E-state index >= 15 is 0 Å². The van der Waals surface area contributed by atoms with Crippen LogP contribution < -0.4 is 5.56 Å². The molecular weight excluding hydrogens is 253 g/mol. The molecule has 1 N–H and O–H groups in total. The summed E-state index contributed by atoms with van der Waals surface area (Å²) in [6.45, 7) is 0.293. The zero-order valence-corrected chi connectivity index (χ0v) is 10.2. The summed E-state index contributed by atoms with van der Waals surface area (Å²) in [6, 6.07) is 5.21. The van der Waals surface area contributed by atoms with Gasteiger partial charge in [-0.3, -0.25) is 4.79 Å². The van der Waals surface area contributed by atoms with Gasteiger partial charge in [0, 0.05) is 18.0 Å². The lowest BCUT2D eigenvalue weighted by molar-refractivity contribution is 0.0386. The summed E-state index contributed by atoms with van der Waals surface area (Å²) in [6.07, 6.45) is 0. The third kappa shape index (κ3) is 2.97. The second-order valence-electron chi connectivity index (χ2n) is 3.87. The van der Waals surface area contributed by atoms with Crippen LogP contribution in [0.5, 0.6) is 0 Å². The number of fused-ring (bicyclic) bond motifs is 1. The first-order valence-electron chi connectivity index (χ1n) is 5.60. The molecule has 0 aliphatic carbocycles. The van der Waals surface area contributed by atoms with Crippen molar-refractivity contribution < 1.29 is 18.7 Å². The predicted octanol–water partition coefficient (Wildman–Crippen LogP) is 1.47. The molecule has 0 saturated heterocycles. The molecule has 6 heteroatoms. The molecule has 0 amide bonds. The van der Waals surface area contributed by atoms with E-state index in [2.05, 4.69) is 4.98 Å². The lowest BCUT2D eigenvalue weighted by Gasteiger charge is -2.05. The fourth-order valence-corrected chi connectivity index (χ4v) is 1.62. The summed E-state index contributed by atoms with van der Waals surface area (Å²) in [5.41, 5.74) is -0.268. The van der Waals surface area contributed by atoms with Crippen LogP contribution in [0.1, 0.15) is 10.4 Å². The van der Waals surface area contributed by atoms with E-state index in [0.717, 1.165) is 0 Å². The van der Waals surface area contributed by atoms with Gasteiger partial charge in [0.15, 0.2) is 0 Å². The van der Waals surface area contributed by atoms with Gasteiger partial charge in [-0.05, 0) is 24.3 Å². The van der Waals surface area contributed by atoms with E-state index in [0.29, 0.717) is 10.9 Å². The third-order valence-electron chi connectivity index (χ3n) is 2.55. The minimum absolute atomic E-state index is 0.0515. The largest absolute Gasteiger partial charge is 0.459 e. The molecule has 0 aliphatic rings. The molecule has 100 valence electrons. The van der Waals surface area contributed by atoms with Gasteiger partial charge in [-0.15, -0.1) is 0 Å². The number of carbonyl (C=O) groups is 1. The highest BCUT2D eigenvalue weighted by atomic mass is 19.1. The van der Waals surface area contributed by atoms with E-state index in [1.54, 1.807) is 0 Å². The van der Waals surface area contributed by atoms with Crippen molar-refractivity contribution in [3.05, 3.63) is 46.0 Å². The normalized spacial score (nSPS) is 10.6. The van der Waals surface area contributed by atoms with Crippen LogP contribution in [0.2, 0.25) is 0 Å². The van der Waals surface area contributed by atoms with Crippen LogP contribution in [0.3, 0.4) is 0 Å². The molecular formula is C13H12FNO4. The van der Waals surface area contributed by atoms with Gasteiger partial charge in [-0.25, -0.2) is 9.18 Å². The van der Waals surface area contributed by atoms with Crippen molar-refractivity contribution in [2.45, 2.75) is 0 Å². The molecule has 0 aliphatic heterocycles. The maximum atomic E-state index is 13.1. The molecule has 0 bridgehead atoms. The van der Waals surface area contributed by atoms with E-state index in [4.69, 9.17) is 9.47 Å². The SMILES string of the molecule is COCCOC(=O)c1cc2cc(F)ccc2[nH]c1=O. The summed E-state index contributed by atoms with van der Waals surface area (Å²) in [5.74, 6) is -1.21.